The number of rotatable bonds is 3. The molecule has 0 bridgehead atoms. The second-order valence-electron chi connectivity index (χ2n) is 3.05. The summed E-state index contributed by atoms with van der Waals surface area (Å²) in [4.78, 5) is 21.8. The molecule has 0 aliphatic heterocycles. The number of Topliss-reactive ketones (excluding diaryl/α,β-unsaturated/α-hetero) is 2. The van der Waals surface area contributed by atoms with Crippen molar-refractivity contribution in [2.24, 2.45) is 0 Å². The minimum Gasteiger partial charge on any atom is -0.300 e. The summed E-state index contributed by atoms with van der Waals surface area (Å²) in [5.74, 6) is -5.35. The van der Waals surface area contributed by atoms with Crippen LogP contribution >= 0.6 is 0 Å². The fourth-order valence-corrected chi connectivity index (χ4v) is 1.08. The molecule has 0 unspecified atom stereocenters. The molecule has 0 aliphatic carbocycles. The molecule has 0 atom stereocenters. The van der Waals surface area contributed by atoms with Crippen LogP contribution < -0.4 is 0 Å². The maximum Gasteiger partial charge on any atom is 0.173 e. The summed E-state index contributed by atoms with van der Waals surface area (Å²) in [6.45, 7) is 1.13. The van der Waals surface area contributed by atoms with Crippen LogP contribution in [-0.4, -0.2) is 11.6 Å². The second kappa shape index (κ2) is 4.25. The molecule has 0 spiro atoms. The summed E-state index contributed by atoms with van der Waals surface area (Å²) in [6, 6.07) is 0.906. The zero-order valence-electron chi connectivity index (χ0n) is 7.81. The normalized spacial score (nSPS) is 10.1. The van der Waals surface area contributed by atoms with Crippen LogP contribution in [0.1, 0.15) is 23.7 Å². The van der Waals surface area contributed by atoms with E-state index < -0.39 is 41.0 Å². The topological polar surface area (TPSA) is 34.1 Å². The predicted octanol–water partition coefficient (Wildman–Crippen LogP) is 2.27. The van der Waals surface area contributed by atoms with Gasteiger partial charge in [0.05, 0.1) is 12.0 Å². The van der Waals surface area contributed by atoms with Gasteiger partial charge in [0.1, 0.15) is 11.6 Å². The number of hydrogen-bond donors (Lipinski definition) is 0. The predicted molar refractivity (Wildman–Crippen MR) is 45.9 cm³/mol. The van der Waals surface area contributed by atoms with E-state index in [0.717, 1.165) is 6.92 Å². The molecule has 1 aromatic carbocycles. The van der Waals surface area contributed by atoms with Gasteiger partial charge in [-0.15, -0.1) is 0 Å². The quantitative estimate of drug-likeness (QED) is 0.441. The van der Waals surface area contributed by atoms with Gasteiger partial charge in [0.15, 0.2) is 17.4 Å². The smallest absolute Gasteiger partial charge is 0.173 e. The van der Waals surface area contributed by atoms with Crippen LogP contribution in [0.3, 0.4) is 0 Å². The maximum atomic E-state index is 13.0. The Morgan fingerprint density at radius 3 is 2.33 bits per heavy atom. The SMILES string of the molecule is CC(=O)CC(=O)c1cc(F)cc(F)c1F. The molecule has 0 amide bonds. The number of halogens is 3. The van der Waals surface area contributed by atoms with Crippen LogP contribution in [-0.2, 0) is 4.79 Å². The van der Waals surface area contributed by atoms with Gasteiger partial charge in [0, 0.05) is 6.07 Å². The molecule has 0 N–H and O–H groups in total. The highest BCUT2D eigenvalue weighted by molar-refractivity contribution is 6.07. The van der Waals surface area contributed by atoms with Crippen LogP contribution in [0.15, 0.2) is 12.1 Å². The van der Waals surface area contributed by atoms with E-state index in [4.69, 9.17) is 0 Å². The summed E-state index contributed by atoms with van der Waals surface area (Å²) >= 11 is 0. The van der Waals surface area contributed by atoms with E-state index in [0.29, 0.717) is 12.1 Å². The molecule has 0 saturated heterocycles. The summed E-state index contributed by atoms with van der Waals surface area (Å²) < 4.78 is 38.4. The monoisotopic (exact) mass is 216 g/mol. The summed E-state index contributed by atoms with van der Waals surface area (Å²) in [5, 5.41) is 0. The lowest BCUT2D eigenvalue weighted by Gasteiger charge is -2.02. The second-order valence-corrected chi connectivity index (χ2v) is 3.05. The van der Waals surface area contributed by atoms with Gasteiger partial charge in [-0.05, 0) is 13.0 Å². The molecule has 0 fully saturated rings. The van der Waals surface area contributed by atoms with Gasteiger partial charge in [-0.2, -0.15) is 0 Å². The number of hydrogen-bond acceptors (Lipinski definition) is 2. The summed E-state index contributed by atoms with van der Waals surface area (Å²) in [5.41, 5.74) is -0.734. The molecule has 0 aromatic heterocycles. The van der Waals surface area contributed by atoms with Crippen molar-refractivity contribution in [2.45, 2.75) is 13.3 Å². The fraction of sp³-hybridized carbons (Fsp3) is 0.200. The Labute approximate surface area is 83.7 Å². The van der Waals surface area contributed by atoms with Crippen molar-refractivity contribution in [3.63, 3.8) is 0 Å². The molecule has 0 heterocycles. The molecule has 1 rings (SSSR count). The van der Waals surface area contributed by atoms with Crippen molar-refractivity contribution in [1.29, 1.82) is 0 Å². The van der Waals surface area contributed by atoms with Gasteiger partial charge in [0.25, 0.3) is 0 Å². The lowest BCUT2D eigenvalue weighted by molar-refractivity contribution is -0.116. The molecular formula is C10H7F3O2. The van der Waals surface area contributed by atoms with Crippen LogP contribution in [0, 0.1) is 17.5 Å². The zero-order chi connectivity index (χ0) is 11.6. The number of ketones is 2. The van der Waals surface area contributed by atoms with Crippen molar-refractivity contribution < 1.29 is 22.8 Å². The lowest BCUT2D eigenvalue weighted by atomic mass is 10.1. The van der Waals surface area contributed by atoms with Gasteiger partial charge >= 0.3 is 0 Å². The highest BCUT2D eigenvalue weighted by Gasteiger charge is 2.18. The first-order valence-electron chi connectivity index (χ1n) is 4.09. The molecule has 15 heavy (non-hydrogen) atoms. The van der Waals surface area contributed by atoms with Gasteiger partial charge in [-0.3, -0.25) is 9.59 Å². The van der Waals surface area contributed by atoms with Crippen molar-refractivity contribution >= 4 is 11.6 Å². The summed E-state index contributed by atoms with van der Waals surface area (Å²) in [7, 11) is 0. The van der Waals surface area contributed by atoms with Crippen LogP contribution in [0.4, 0.5) is 13.2 Å². The molecule has 2 nitrogen and oxygen atoms in total. The summed E-state index contributed by atoms with van der Waals surface area (Å²) in [6.07, 6.45) is -0.570. The third kappa shape index (κ3) is 2.65. The van der Waals surface area contributed by atoms with Gasteiger partial charge < -0.3 is 0 Å². The third-order valence-electron chi connectivity index (χ3n) is 1.70. The van der Waals surface area contributed by atoms with E-state index in [-0.39, 0.29) is 0 Å². The van der Waals surface area contributed by atoms with Crippen molar-refractivity contribution in [3.05, 3.63) is 35.1 Å². The molecule has 1 aromatic rings. The van der Waals surface area contributed by atoms with E-state index in [1.807, 2.05) is 0 Å². The Balaban J connectivity index is 3.13. The van der Waals surface area contributed by atoms with Crippen molar-refractivity contribution in [3.8, 4) is 0 Å². The highest BCUT2D eigenvalue weighted by atomic mass is 19.2. The van der Waals surface area contributed by atoms with Gasteiger partial charge in [0.2, 0.25) is 0 Å². The van der Waals surface area contributed by atoms with Crippen LogP contribution in [0.5, 0.6) is 0 Å². The molecule has 5 heteroatoms. The van der Waals surface area contributed by atoms with Gasteiger partial charge in [-0.1, -0.05) is 0 Å². The maximum absolute atomic E-state index is 13.0. The minimum absolute atomic E-state index is 0.333. The lowest BCUT2D eigenvalue weighted by Crippen LogP contribution is -2.09. The Morgan fingerprint density at radius 2 is 1.80 bits per heavy atom. The first kappa shape index (κ1) is 11.4. The standard InChI is InChI=1S/C10H7F3O2/c1-5(14)2-9(15)7-3-6(11)4-8(12)10(7)13/h3-4H,2H2,1H3. The highest BCUT2D eigenvalue weighted by Crippen LogP contribution is 2.16. The van der Waals surface area contributed by atoms with E-state index in [1.165, 1.54) is 0 Å². The van der Waals surface area contributed by atoms with Crippen molar-refractivity contribution in [2.75, 3.05) is 0 Å². The number of benzene rings is 1. The molecule has 80 valence electrons. The number of carbonyl (C=O) groups excluding carboxylic acids is 2. The Bertz CT molecular complexity index is 427. The Hall–Kier alpha value is -1.65. The zero-order valence-corrected chi connectivity index (χ0v) is 7.81. The Kier molecular flexibility index (Phi) is 3.24. The molecular weight excluding hydrogens is 209 g/mol. The van der Waals surface area contributed by atoms with E-state index in [9.17, 15) is 22.8 Å². The molecule has 0 aliphatic rings. The number of carbonyl (C=O) groups is 2. The van der Waals surface area contributed by atoms with E-state index >= 15 is 0 Å². The average Bonchev–Trinajstić information content (AvgIpc) is 2.09. The first-order valence-corrected chi connectivity index (χ1v) is 4.09. The van der Waals surface area contributed by atoms with Crippen LogP contribution in [0.25, 0.3) is 0 Å². The van der Waals surface area contributed by atoms with Gasteiger partial charge in [-0.25, -0.2) is 13.2 Å². The first-order chi connectivity index (χ1) is 6.91. The molecule has 0 radical (unpaired) electrons. The Morgan fingerprint density at radius 1 is 1.20 bits per heavy atom. The van der Waals surface area contributed by atoms with E-state index in [2.05, 4.69) is 0 Å². The van der Waals surface area contributed by atoms with E-state index in [1.54, 1.807) is 0 Å². The largest absolute Gasteiger partial charge is 0.300 e. The fourth-order valence-electron chi connectivity index (χ4n) is 1.08. The van der Waals surface area contributed by atoms with Crippen molar-refractivity contribution in [1.82, 2.24) is 0 Å². The minimum atomic E-state index is -1.44. The average molecular weight is 216 g/mol. The molecule has 0 saturated carbocycles. The third-order valence-corrected chi connectivity index (χ3v) is 1.70. The van der Waals surface area contributed by atoms with Crippen LogP contribution in [0.2, 0.25) is 0 Å².